The zero-order valence-electron chi connectivity index (χ0n) is 10.3. The second-order valence-corrected chi connectivity index (χ2v) is 7.75. The molecule has 0 saturated carbocycles. The highest BCUT2D eigenvalue weighted by molar-refractivity contribution is 9.10. The van der Waals surface area contributed by atoms with Crippen molar-refractivity contribution in [1.29, 1.82) is 0 Å². The Bertz CT molecular complexity index is 497. The van der Waals surface area contributed by atoms with Crippen LogP contribution in [0.2, 0.25) is 0 Å². The van der Waals surface area contributed by atoms with E-state index in [1.165, 1.54) is 0 Å². The van der Waals surface area contributed by atoms with Gasteiger partial charge in [-0.25, -0.2) is 8.42 Å². The maximum absolute atomic E-state index is 12.0. The predicted octanol–water partition coefficient (Wildman–Crippen LogP) is 2.69. The van der Waals surface area contributed by atoms with Gasteiger partial charge < -0.3 is 5.73 Å². The third-order valence-electron chi connectivity index (χ3n) is 2.81. The van der Waals surface area contributed by atoms with Crippen LogP contribution in [0.1, 0.15) is 32.3 Å². The Morgan fingerprint density at radius 1 is 1.29 bits per heavy atom. The molecule has 0 aromatic heterocycles. The van der Waals surface area contributed by atoms with Gasteiger partial charge in [-0.1, -0.05) is 13.0 Å². The largest absolute Gasteiger partial charge is 0.330 e. The van der Waals surface area contributed by atoms with Gasteiger partial charge in [0.05, 0.1) is 10.1 Å². The van der Waals surface area contributed by atoms with Crippen molar-refractivity contribution in [3.05, 3.63) is 28.2 Å². The molecule has 1 aromatic carbocycles. The standard InChI is InChI=1S/C12H18BrNO2S/c1-8(2)17(15,16)12-5-4-10(6-11(12)13)9(3)7-14/h4-6,8-9H,7,14H2,1-3H3. The lowest BCUT2D eigenvalue weighted by molar-refractivity contribution is 0.587. The molecule has 1 atom stereocenters. The molecule has 0 radical (unpaired) electrons. The maximum atomic E-state index is 12.0. The molecule has 1 rings (SSSR count). The normalized spacial score (nSPS) is 14.0. The molecule has 0 aliphatic heterocycles. The zero-order valence-corrected chi connectivity index (χ0v) is 12.7. The Balaban J connectivity index is 3.24. The summed E-state index contributed by atoms with van der Waals surface area (Å²) in [4.78, 5) is 0.348. The molecule has 0 spiro atoms. The Kier molecular flexibility index (Phi) is 4.75. The second-order valence-electron chi connectivity index (χ2n) is 4.42. The van der Waals surface area contributed by atoms with Gasteiger partial charge in [0.1, 0.15) is 0 Å². The molecule has 0 amide bonds. The van der Waals surface area contributed by atoms with Gasteiger partial charge in [0.2, 0.25) is 0 Å². The van der Waals surface area contributed by atoms with Crippen LogP contribution in [0, 0.1) is 0 Å². The summed E-state index contributed by atoms with van der Waals surface area (Å²) in [6, 6.07) is 5.32. The van der Waals surface area contributed by atoms with E-state index in [2.05, 4.69) is 15.9 Å². The summed E-state index contributed by atoms with van der Waals surface area (Å²) in [6.07, 6.45) is 0. The first-order chi connectivity index (χ1) is 7.80. The van der Waals surface area contributed by atoms with Crippen LogP contribution in [0.15, 0.2) is 27.6 Å². The Labute approximate surface area is 111 Å². The van der Waals surface area contributed by atoms with Crippen molar-refractivity contribution in [2.45, 2.75) is 36.8 Å². The highest BCUT2D eigenvalue weighted by atomic mass is 79.9. The molecule has 2 N–H and O–H groups in total. The van der Waals surface area contributed by atoms with E-state index in [9.17, 15) is 8.42 Å². The van der Waals surface area contributed by atoms with Crippen LogP contribution in [-0.2, 0) is 9.84 Å². The fourth-order valence-electron chi connectivity index (χ4n) is 1.44. The molecule has 0 heterocycles. The van der Waals surface area contributed by atoms with Gasteiger partial charge >= 0.3 is 0 Å². The fraction of sp³-hybridized carbons (Fsp3) is 0.500. The smallest absolute Gasteiger partial charge is 0.181 e. The molecule has 1 unspecified atom stereocenters. The monoisotopic (exact) mass is 319 g/mol. The highest BCUT2D eigenvalue weighted by Gasteiger charge is 2.22. The van der Waals surface area contributed by atoms with Crippen molar-refractivity contribution in [1.82, 2.24) is 0 Å². The molecule has 96 valence electrons. The number of halogens is 1. The van der Waals surface area contributed by atoms with Crippen molar-refractivity contribution in [2.24, 2.45) is 5.73 Å². The van der Waals surface area contributed by atoms with Crippen LogP contribution >= 0.6 is 15.9 Å². The molecular weight excluding hydrogens is 302 g/mol. The van der Waals surface area contributed by atoms with Gasteiger partial charge in [-0.05, 0) is 59.9 Å². The molecule has 0 fully saturated rings. The van der Waals surface area contributed by atoms with Gasteiger partial charge in [-0.3, -0.25) is 0 Å². The minimum Gasteiger partial charge on any atom is -0.330 e. The number of sulfone groups is 1. The Morgan fingerprint density at radius 3 is 2.29 bits per heavy atom. The quantitative estimate of drug-likeness (QED) is 0.928. The van der Waals surface area contributed by atoms with Crippen LogP contribution in [0.5, 0.6) is 0 Å². The van der Waals surface area contributed by atoms with Crippen LogP contribution in [0.25, 0.3) is 0 Å². The minimum atomic E-state index is -3.23. The van der Waals surface area contributed by atoms with Crippen LogP contribution in [-0.4, -0.2) is 20.2 Å². The number of rotatable bonds is 4. The summed E-state index contributed by atoms with van der Waals surface area (Å²) in [6.45, 7) is 5.91. The fourth-order valence-corrected chi connectivity index (χ4v) is 3.61. The summed E-state index contributed by atoms with van der Waals surface area (Å²) in [5, 5.41) is -0.420. The summed E-state index contributed by atoms with van der Waals surface area (Å²) >= 11 is 3.33. The molecular formula is C12H18BrNO2S. The van der Waals surface area contributed by atoms with Gasteiger partial charge in [0.25, 0.3) is 0 Å². The SMILES string of the molecule is CC(CN)c1ccc(S(=O)(=O)C(C)C)c(Br)c1. The summed E-state index contributed by atoms with van der Waals surface area (Å²) < 4.78 is 24.7. The minimum absolute atomic E-state index is 0.224. The van der Waals surface area contributed by atoms with Crippen molar-refractivity contribution in [2.75, 3.05) is 6.54 Å². The van der Waals surface area contributed by atoms with E-state index in [4.69, 9.17) is 5.73 Å². The molecule has 1 aromatic rings. The summed E-state index contributed by atoms with van der Waals surface area (Å²) in [7, 11) is -3.23. The van der Waals surface area contributed by atoms with Crippen molar-refractivity contribution < 1.29 is 8.42 Å². The number of nitrogens with two attached hydrogens (primary N) is 1. The lowest BCUT2D eigenvalue weighted by Gasteiger charge is -2.13. The summed E-state index contributed by atoms with van der Waals surface area (Å²) in [5.74, 6) is 0.224. The van der Waals surface area contributed by atoms with Gasteiger partial charge in [-0.15, -0.1) is 0 Å². The topological polar surface area (TPSA) is 60.2 Å². The number of hydrogen-bond acceptors (Lipinski definition) is 3. The first-order valence-corrected chi connectivity index (χ1v) is 7.88. The number of benzene rings is 1. The first kappa shape index (κ1) is 14.7. The lowest BCUT2D eigenvalue weighted by Crippen LogP contribution is -2.15. The van der Waals surface area contributed by atoms with Crippen molar-refractivity contribution in [3.8, 4) is 0 Å². The average Bonchev–Trinajstić information content (AvgIpc) is 2.27. The highest BCUT2D eigenvalue weighted by Crippen LogP contribution is 2.28. The molecule has 0 aliphatic carbocycles. The molecule has 0 bridgehead atoms. The Morgan fingerprint density at radius 2 is 1.88 bits per heavy atom. The molecule has 0 saturated heterocycles. The van der Waals surface area contributed by atoms with Crippen LogP contribution in [0.3, 0.4) is 0 Å². The molecule has 3 nitrogen and oxygen atoms in total. The van der Waals surface area contributed by atoms with Crippen molar-refractivity contribution in [3.63, 3.8) is 0 Å². The third-order valence-corrected chi connectivity index (χ3v) is 5.93. The average molecular weight is 320 g/mol. The van der Waals surface area contributed by atoms with E-state index in [0.717, 1.165) is 5.56 Å². The van der Waals surface area contributed by atoms with E-state index in [0.29, 0.717) is 15.9 Å². The third kappa shape index (κ3) is 3.09. The van der Waals surface area contributed by atoms with Crippen molar-refractivity contribution >= 4 is 25.8 Å². The van der Waals surface area contributed by atoms with Crippen LogP contribution < -0.4 is 5.73 Å². The molecule has 0 aliphatic rings. The van der Waals surface area contributed by atoms with Gasteiger partial charge in [-0.2, -0.15) is 0 Å². The van der Waals surface area contributed by atoms with E-state index >= 15 is 0 Å². The maximum Gasteiger partial charge on any atom is 0.181 e. The molecule has 5 heteroatoms. The van der Waals surface area contributed by atoms with E-state index < -0.39 is 15.1 Å². The first-order valence-electron chi connectivity index (χ1n) is 5.54. The zero-order chi connectivity index (χ0) is 13.2. The lowest BCUT2D eigenvalue weighted by atomic mass is 10.0. The molecule has 17 heavy (non-hydrogen) atoms. The van der Waals surface area contributed by atoms with Crippen LogP contribution in [0.4, 0.5) is 0 Å². The van der Waals surface area contributed by atoms with Gasteiger partial charge in [0, 0.05) is 4.47 Å². The van der Waals surface area contributed by atoms with Gasteiger partial charge in [0.15, 0.2) is 9.84 Å². The van der Waals surface area contributed by atoms with E-state index in [1.54, 1.807) is 19.9 Å². The number of hydrogen-bond donors (Lipinski definition) is 1. The summed E-state index contributed by atoms with van der Waals surface area (Å²) in [5.41, 5.74) is 6.64. The Hall–Kier alpha value is -0.390. The predicted molar refractivity (Wildman–Crippen MR) is 73.9 cm³/mol. The van der Waals surface area contributed by atoms with E-state index in [1.807, 2.05) is 19.1 Å². The second kappa shape index (κ2) is 5.50. The van der Waals surface area contributed by atoms with E-state index in [-0.39, 0.29) is 5.92 Å².